The predicted octanol–water partition coefficient (Wildman–Crippen LogP) is 2.18. The van der Waals surface area contributed by atoms with Crippen LogP contribution in [0.5, 0.6) is 0 Å². The lowest BCUT2D eigenvalue weighted by atomic mass is 10.1. The van der Waals surface area contributed by atoms with Gasteiger partial charge >= 0.3 is 5.97 Å². The van der Waals surface area contributed by atoms with Crippen molar-refractivity contribution in [3.05, 3.63) is 0 Å². The van der Waals surface area contributed by atoms with Gasteiger partial charge < -0.3 is 4.74 Å². The molecule has 0 bridgehead atoms. The van der Waals surface area contributed by atoms with E-state index in [1.165, 1.54) is 0 Å². The van der Waals surface area contributed by atoms with Crippen molar-refractivity contribution in [2.24, 2.45) is 0 Å². The molecule has 0 aliphatic carbocycles. The van der Waals surface area contributed by atoms with Gasteiger partial charge in [0.25, 0.3) is 0 Å². The molecule has 2 nitrogen and oxygen atoms in total. The summed E-state index contributed by atoms with van der Waals surface area (Å²) in [6, 6.07) is 0. The fourth-order valence-corrected chi connectivity index (χ4v) is 1.18. The number of carbonyl (C=O) groups excluding carboxylic acids is 1. The summed E-state index contributed by atoms with van der Waals surface area (Å²) in [5.41, 5.74) is 0. The highest BCUT2D eigenvalue weighted by atomic mass is 35.5. The molecule has 0 amide bonds. The molecule has 11 heavy (non-hydrogen) atoms. The number of hydrogen-bond donors (Lipinski definition) is 0. The minimum absolute atomic E-state index is 0.351. The molecule has 0 fully saturated rings. The van der Waals surface area contributed by atoms with Crippen molar-refractivity contribution in [3.8, 4) is 0 Å². The zero-order chi connectivity index (χ0) is 8.91. The van der Waals surface area contributed by atoms with E-state index >= 15 is 0 Å². The molecule has 0 saturated heterocycles. The summed E-state index contributed by atoms with van der Waals surface area (Å²) in [5, 5.41) is 0. The third-order valence-corrected chi connectivity index (χ3v) is 1.80. The maximum atomic E-state index is 11.0. The van der Waals surface area contributed by atoms with Crippen LogP contribution in [0.3, 0.4) is 0 Å². The molecule has 1 atom stereocenters. The van der Waals surface area contributed by atoms with Crippen LogP contribution in [0, 0.1) is 0 Å². The Morgan fingerprint density at radius 3 is 2.55 bits per heavy atom. The van der Waals surface area contributed by atoms with Gasteiger partial charge in [-0.05, 0) is 20.3 Å². The van der Waals surface area contributed by atoms with Crippen molar-refractivity contribution in [3.63, 3.8) is 0 Å². The molecule has 0 N–H and O–H groups in total. The molecule has 4 heteroatoms. The van der Waals surface area contributed by atoms with Gasteiger partial charge in [-0.2, -0.15) is 0 Å². The van der Waals surface area contributed by atoms with E-state index in [9.17, 15) is 4.79 Å². The Kier molecular flexibility index (Phi) is 4.86. The summed E-state index contributed by atoms with van der Waals surface area (Å²) in [5.74, 6) is -0.0407. The molecule has 0 heterocycles. The van der Waals surface area contributed by atoms with Gasteiger partial charge in [-0.25, -0.2) is 0 Å². The van der Waals surface area contributed by atoms with E-state index in [0.717, 1.165) is 0 Å². The third-order valence-electron chi connectivity index (χ3n) is 1.27. The molecule has 0 aliphatic heterocycles. The summed E-state index contributed by atoms with van der Waals surface area (Å²) in [7, 11) is 0. The summed E-state index contributed by atoms with van der Waals surface area (Å²) in [6.45, 7) is 3.70. The molecule has 66 valence electrons. The second-order valence-electron chi connectivity index (χ2n) is 2.36. The SMILES string of the molecule is CCOC(=O)C(C)(Cl)CCCl. The highest BCUT2D eigenvalue weighted by Gasteiger charge is 2.31. The van der Waals surface area contributed by atoms with Crippen molar-refractivity contribution < 1.29 is 9.53 Å². The molecule has 1 unspecified atom stereocenters. The van der Waals surface area contributed by atoms with Gasteiger partial charge in [0.2, 0.25) is 0 Å². The van der Waals surface area contributed by atoms with E-state index in [-0.39, 0.29) is 0 Å². The Morgan fingerprint density at radius 2 is 2.18 bits per heavy atom. The van der Waals surface area contributed by atoms with Crippen LogP contribution in [0.15, 0.2) is 0 Å². The Balaban J connectivity index is 3.94. The number of ether oxygens (including phenoxy) is 1. The van der Waals surface area contributed by atoms with E-state index in [2.05, 4.69) is 0 Å². The van der Waals surface area contributed by atoms with Crippen molar-refractivity contribution in [2.45, 2.75) is 25.1 Å². The zero-order valence-corrected chi connectivity index (χ0v) is 8.21. The van der Waals surface area contributed by atoms with Gasteiger partial charge in [0.05, 0.1) is 6.61 Å². The quantitative estimate of drug-likeness (QED) is 0.512. The van der Waals surface area contributed by atoms with Crippen LogP contribution in [-0.2, 0) is 9.53 Å². The molecule has 0 aliphatic rings. The van der Waals surface area contributed by atoms with E-state index < -0.39 is 10.8 Å². The summed E-state index contributed by atoms with van der Waals surface area (Å²) in [4.78, 5) is 10.1. The molecule has 0 aromatic rings. The first-order valence-corrected chi connectivity index (χ1v) is 4.38. The number of alkyl halides is 2. The maximum absolute atomic E-state index is 11.0. The Morgan fingerprint density at radius 1 is 1.64 bits per heavy atom. The molecule has 0 spiro atoms. The monoisotopic (exact) mass is 198 g/mol. The van der Waals surface area contributed by atoms with Gasteiger partial charge in [0, 0.05) is 5.88 Å². The average molecular weight is 199 g/mol. The molecule has 0 aromatic heterocycles. The third kappa shape index (κ3) is 3.82. The Labute approximate surface area is 76.8 Å². The van der Waals surface area contributed by atoms with Crippen LogP contribution in [-0.4, -0.2) is 23.3 Å². The first-order valence-electron chi connectivity index (χ1n) is 3.46. The largest absolute Gasteiger partial charge is 0.465 e. The standard InChI is InChI=1S/C7H12Cl2O2/c1-3-11-6(10)7(2,9)4-5-8/h3-5H2,1-2H3. The summed E-state index contributed by atoms with van der Waals surface area (Å²) in [6.07, 6.45) is 0.426. The smallest absolute Gasteiger partial charge is 0.326 e. The molecule has 0 saturated carbocycles. The first kappa shape index (κ1) is 11.1. The number of rotatable bonds is 4. The van der Waals surface area contributed by atoms with E-state index in [1.807, 2.05) is 0 Å². The van der Waals surface area contributed by atoms with E-state index in [1.54, 1.807) is 13.8 Å². The normalized spacial score (nSPS) is 15.6. The number of esters is 1. The lowest BCUT2D eigenvalue weighted by molar-refractivity contribution is -0.145. The highest BCUT2D eigenvalue weighted by Crippen LogP contribution is 2.21. The van der Waals surface area contributed by atoms with Gasteiger partial charge in [0.1, 0.15) is 4.87 Å². The lowest BCUT2D eigenvalue weighted by Gasteiger charge is -2.17. The minimum Gasteiger partial charge on any atom is -0.465 e. The van der Waals surface area contributed by atoms with Crippen LogP contribution < -0.4 is 0 Å². The van der Waals surface area contributed by atoms with Crippen molar-refractivity contribution in [1.82, 2.24) is 0 Å². The van der Waals surface area contributed by atoms with E-state index in [4.69, 9.17) is 27.9 Å². The topological polar surface area (TPSA) is 26.3 Å². The number of halogens is 2. The van der Waals surface area contributed by atoms with Crippen LogP contribution >= 0.6 is 23.2 Å². The van der Waals surface area contributed by atoms with Crippen molar-refractivity contribution in [1.29, 1.82) is 0 Å². The molecule has 0 rings (SSSR count). The molecule has 0 aromatic carbocycles. The van der Waals surface area contributed by atoms with Crippen LogP contribution in [0.2, 0.25) is 0 Å². The van der Waals surface area contributed by atoms with Crippen molar-refractivity contribution >= 4 is 29.2 Å². The van der Waals surface area contributed by atoms with Gasteiger partial charge in [-0.15, -0.1) is 23.2 Å². The minimum atomic E-state index is -0.961. The summed E-state index contributed by atoms with van der Waals surface area (Å²) < 4.78 is 4.73. The van der Waals surface area contributed by atoms with Gasteiger partial charge in [-0.3, -0.25) is 4.79 Å². The first-order chi connectivity index (χ1) is 5.04. The van der Waals surface area contributed by atoms with Crippen LogP contribution in [0.25, 0.3) is 0 Å². The van der Waals surface area contributed by atoms with Crippen LogP contribution in [0.1, 0.15) is 20.3 Å². The van der Waals surface area contributed by atoms with Crippen molar-refractivity contribution in [2.75, 3.05) is 12.5 Å². The Hall–Kier alpha value is 0.0500. The average Bonchev–Trinajstić information content (AvgIpc) is 1.88. The highest BCUT2D eigenvalue weighted by molar-refractivity contribution is 6.34. The summed E-state index contributed by atoms with van der Waals surface area (Å²) >= 11 is 11.2. The lowest BCUT2D eigenvalue weighted by Crippen LogP contribution is -2.31. The van der Waals surface area contributed by atoms with E-state index in [0.29, 0.717) is 18.9 Å². The van der Waals surface area contributed by atoms with Crippen LogP contribution in [0.4, 0.5) is 0 Å². The second-order valence-corrected chi connectivity index (χ2v) is 3.57. The second kappa shape index (κ2) is 4.83. The fraction of sp³-hybridized carbons (Fsp3) is 0.857. The molecular weight excluding hydrogens is 187 g/mol. The number of hydrogen-bond acceptors (Lipinski definition) is 2. The number of carbonyl (C=O) groups is 1. The van der Waals surface area contributed by atoms with Gasteiger partial charge in [0.15, 0.2) is 0 Å². The zero-order valence-electron chi connectivity index (χ0n) is 6.69. The van der Waals surface area contributed by atoms with Gasteiger partial charge in [-0.1, -0.05) is 0 Å². The fourth-order valence-electron chi connectivity index (χ4n) is 0.561. The maximum Gasteiger partial charge on any atom is 0.326 e. The predicted molar refractivity (Wildman–Crippen MR) is 46.2 cm³/mol. The molecule has 0 radical (unpaired) electrons. The molecular formula is C7H12Cl2O2. The Bertz CT molecular complexity index is 134.